The van der Waals surface area contributed by atoms with Crippen LogP contribution in [0.2, 0.25) is 5.02 Å². The zero-order valence-corrected chi connectivity index (χ0v) is 12.3. The standard InChI is InChI=1S/C12H21ClN4O/c1-7(2)9(17(4)5)6-14-11-10(13)12(18)16-8(3)15-11/h7,9H,6H2,1-5H3,(H2,14,15,16,18). The molecule has 0 saturated heterocycles. The highest BCUT2D eigenvalue weighted by Crippen LogP contribution is 2.15. The summed E-state index contributed by atoms with van der Waals surface area (Å²) >= 11 is 5.93. The van der Waals surface area contributed by atoms with Crippen LogP contribution in [0.5, 0.6) is 0 Å². The predicted octanol–water partition coefficient (Wildman–Crippen LogP) is 1.73. The lowest BCUT2D eigenvalue weighted by atomic mass is 10.0. The van der Waals surface area contributed by atoms with Crippen LogP contribution >= 0.6 is 11.6 Å². The molecule has 0 spiro atoms. The Hall–Kier alpha value is -1.07. The Morgan fingerprint density at radius 3 is 2.56 bits per heavy atom. The van der Waals surface area contributed by atoms with E-state index in [1.54, 1.807) is 6.92 Å². The number of aromatic nitrogens is 2. The number of rotatable bonds is 5. The van der Waals surface area contributed by atoms with E-state index >= 15 is 0 Å². The first-order chi connectivity index (χ1) is 8.32. The Balaban J connectivity index is 2.83. The van der Waals surface area contributed by atoms with Crippen molar-refractivity contribution < 1.29 is 0 Å². The molecule has 1 aromatic rings. The van der Waals surface area contributed by atoms with Crippen LogP contribution in [0, 0.1) is 12.8 Å². The van der Waals surface area contributed by atoms with Gasteiger partial charge in [0.2, 0.25) is 0 Å². The van der Waals surface area contributed by atoms with Gasteiger partial charge in [0.05, 0.1) is 0 Å². The first kappa shape index (κ1) is 15.0. The smallest absolute Gasteiger partial charge is 0.271 e. The molecule has 0 aromatic carbocycles. The molecule has 0 aliphatic rings. The van der Waals surface area contributed by atoms with Crippen LogP contribution in [0.15, 0.2) is 4.79 Å². The van der Waals surface area contributed by atoms with E-state index in [0.717, 1.165) is 0 Å². The fraction of sp³-hybridized carbons (Fsp3) is 0.667. The number of halogens is 1. The molecule has 0 saturated carbocycles. The van der Waals surface area contributed by atoms with Crippen molar-refractivity contribution in [3.05, 3.63) is 21.2 Å². The number of aryl methyl sites for hydroxylation is 1. The highest BCUT2D eigenvalue weighted by Gasteiger charge is 2.16. The van der Waals surface area contributed by atoms with Crippen LogP contribution < -0.4 is 10.9 Å². The van der Waals surface area contributed by atoms with Crippen molar-refractivity contribution in [3.8, 4) is 0 Å². The molecule has 0 aliphatic carbocycles. The van der Waals surface area contributed by atoms with E-state index < -0.39 is 0 Å². The molecular weight excluding hydrogens is 252 g/mol. The van der Waals surface area contributed by atoms with Crippen molar-refractivity contribution in [3.63, 3.8) is 0 Å². The van der Waals surface area contributed by atoms with Crippen LogP contribution in [0.4, 0.5) is 5.82 Å². The Morgan fingerprint density at radius 2 is 2.06 bits per heavy atom. The molecule has 1 heterocycles. The van der Waals surface area contributed by atoms with Crippen molar-refractivity contribution in [1.29, 1.82) is 0 Å². The third kappa shape index (κ3) is 3.71. The lowest BCUT2D eigenvalue weighted by molar-refractivity contribution is 0.243. The molecule has 0 radical (unpaired) electrons. The maximum absolute atomic E-state index is 11.5. The molecule has 5 nitrogen and oxygen atoms in total. The van der Waals surface area contributed by atoms with Crippen LogP contribution in [0.1, 0.15) is 19.7 Å². The zero-order valence-electron chi connectivity index (χ0n) is 11.5. The van der Waals surface area contributed by atoms with Gasteiger partial charge in [-0.1, -0.05) is 25.4 Å². The van der Waals surface area contributed by atoms with Gasteiger partial charge in [0, 0.05) is 12.6 Å². The fourth-order valence-corrected chi connectivity index (χ4v) is 2.06. The molecule has 18 heavy (non-hydrogen) atoms. The summed E-state index contributed by atoms with van der Waals surface area (Å²) in [6.07, 6.45) is 0. The molecule has 1 aromatic heterocycles. The third-order valence-corrected chi connectivity index (χ3v) is 3.24. The quantitative estimate of drug-likeness (QED) is 0.857. The Labute approximate surface area is 113 Å². The second-order valence-corrected chi connectivity index (χ2v) is 5.35. The Bertz CT molecular complexity index is 448. The van der Waals surface area contributed by atoms with E-state index in [1.165, 1.54) is 0 Å². The second kappa shape index (κ2) is 6.20. The highest BCUT2D eigenvalue weighted by molar-refractivity contribution is 6.32. The summed E-state index contributed by atoms with van der Waals surface area (Å²) in [6, 6.07) is 0.350. The van der Waals surface area contributed by atoms with Crippen LogP contribution in [-0.2, 0) is 0 Å². The molecule has 102 valence electrons. The molecule has 0 aliphatic heterocycles. The molecule has 1 atom stereocenters. The van der Waals surface area contributed by atoms with Gasteiger partial charge in [-0.15, -0.1) is 0 Å². The van der Waals surface area contributed by atoms with E-state index in [-0.39, 0.29) is 10.6 Å². The number of H-pyrrole nitrogens is 1. The van der Waals surface area contributed by atoms with Gasteiger partial charge in [0.1, 0.15) is 10.8 Å². The Morgan fingerprint density at radius 1 is 1.44 bits per heavy atom. The minimum atomic E-state index is -0.308. The first-order valence-corrected chi connectivity index (χ1v) is 6.37. The van der Waals surface area contributed by atoms with Gasteiger partial charge in [-0.25, -0.2) is 4.98 Å². The number of aromatic amines is 1. The van der Waals surface area contributed by atoms with Crippen molar-refractivity contribution in [2.24, 2.45) is 5.92 Å². The van der Waals surface area contributed by atoms with Gasteiger partial charge < -0.3 is 15.2 Å². The van der Waals surface area contributed by atoms with Gasteiger partial charge >= 0.3 is 0 Å². The maximum Gasteiger partial charge on any atom is 0.271 e. The van der Waals surface area contributed by atoms with Gasteiger partial charge in [0.25, 0.3) is 5.56 Å². The molecule has 0 fully saturated rings. The minimum absolute atomic E-state index is 0.113. The molecule has 1 rings (SSSR count). The van der Waals surface area contributed by atoms with Crippen molar-refractivity contribution >= 4 is 17.4 Å². The van der Waals surface area contributed by atoms with Gasteiger partial charge in [-0.3, -0.25) is 4.79 Å². The maximum atomic E-state index is 11.5. The highest BCUT2D eigenvalue weighted by atomic mass is 35.5. The van der Waals surface area contributed by atoms with E-state index in [4.69, 9.17) is 11.6 Å². The number of hydrogen-bond donors (Lipinski definition) is 2. The summed E-state index contributed by atoms with van der Waals surface area (Å²) in [5.41, 5.74) is -0.308. The minimum Gasteiger partial charge on any atom is -0.367 e. The lowest BCUT2D eigenvalue weighted by Crippen LogP contribution is -2.39. The normalized spacial score (nSPS) is 13.1. The number of nitrogens with one attached hydrogen (secondary N) is 2. The first-order valence-electron chi connectivity index (χ1n) is 5.99. The molecule has 0 amide bonds. The molecule has 2 N–H and O–H groups in total. The summed E-state index contributed by atoms with van der Waals surface area (Å²) in [6.45, 7) is 6.74. The second-order valence-electron chi connectivity index (χ2n) is 4.97. The number of likely N-dealkylation sites (N-methyl/N-ethyl adjacent to an activating group) is 1. The van der Waals surface area contributed by atoms with E-state index in [0.29, 0.717) is 30.1 Å². The molecular formula is C12H21ClN4O. The largest absolute Gasteiger partial charge is 0.367 e. The van der Waals surface area contributed by atoms with E-state index in [1.807, 2.05) is 14.1 Å². The van der Waals surface area contributed by atoms with Crippen LogP contribution in [-0.4, -0.2) is 41.5 Å². The summed E-state index contributed by atoms with van der Waals surface area (Å²) in [5, 5.41) is 3.27. The fourth-order valence-electron chi connectivity index (χ4n) is 1.90. The van der Waals surface area contributed by atoms with Crippen LogP contribution in [0.3, 0.4) is 0 Å². The summed E-state index contributed by atoms with van der Waals surface area (Å²) in [4.78, 5) is 20.4. The topological polar surface area (TPSA) is 61.0 Å². The van der Waals surface area contributed by atoms with E-state index in [2.05, 4.69) is 34.0 Å². The van der Waals surface area contributed by atoms with Crippen molar-refractivity contribution in [2.45, 2.75) is 26.8 Å². The van der Waals surface area contributed by atoms with Crippen LogP contribution in [0.25, 0.3) is 0 Å². The third-order valence-electron chi connectivity index (χ3n) is 2.89. The summed E-state index contributed by atoms with van der Waals surface area (Å²) < 4.78 is 0. The number of nitrogens with zero attached hydrogens (tertiary/aromatic N) is 2. The predicted molar refractivity (Wildman–Crippen MR) is 75.4 cm³/mol. The lowest BCUT2D eigenvalue weighted by Gasteiger charge is -2.28. The van der Waals surface area contributed by atoms with Gasteiger partial charge in [0.15, 0.2) is 5.82 Å². The molecule has 1 unspecified atom stereocenters. The zero-order chi connectivity index (χ0) is 13.9. The number of anilines is 1. The monoisotopic (exact) mass is 272 g/mol. The summed E-state index contributed by atoms with van der Waals surface area (Å²) in [5.74, 6) is 1.50. The average Bonchev–Trinajstić information content (AvgIpc) is 2.23. The van der Waals surface area contributed by atoms with E-state index in [9.17, 15) is 4.79 Å². The average molecular weight is 273 g/mol. The SMILES string of the molecule is Cc1nc(NCC(C(C)C)N(C)C)c(Cl)c(=O)[nH]1. The van der Waals surface area contributed by atoms with Gasteiger partial charge in [-0.05, 0) is 26.9 Å². The Kier molecular flexibility index (Phi) is 5.16. The number of hydrogen-bond acceptors (Lipinski definition) is 4. The van der Waals surface area contributed by atoms with Gasteiger partial charge in [-0.2, -0.15) is 0 Å². The molecule has 0 bridgehead atoms. The van der Waals surface area contributed by atoms with Crippen molar-refractivity contribution in [2.75, 3.05) is 26.0 Å². The summed E-state index contributed by atoms with van der Waals surface area (Å²) in [7, 11) is 4.06. The van der Waals surface area contributed by atoms with Crippen molar-refractivity contribution in [1.82, 2.24) is 14.9 Å². The molecule has 6 heteroatoms.